The number of nitriles is 1. The van der Waals surface area contributed by atoms with Crippen molar-refractivity contribution in [3.8, 4) is 6.07 Å². The molecule has 3 nitrogen and oxygen atoms in total. The Bertz CT molecular complexity index is 712. The number of carbonyl (C=O) groups is 1. The number of halogens is 1. The minimum atomic E-state index is -0.102. The van der Waals surface area contributed by atoms with E-state index in [1.54, 1.807) is 17.0 Å². The number of benzene rings is 2. The van der Waals surface area contributed by atoms with E-state index in [0.717, 1.165) is 4.90 Å². The largest absolute Gasteiger partial charge is 0.307 e. The Morgan fingerprint density at radius 3 is 2.73 bits per heavy atom. The van der Waals surface area contributed by atoms with Crippen molar-refractivity contribution in [3.63, 3.8) is 0 Å². The van der Waals surface area contributed by atoms with Gasteiger partial charge in [0.1, 0.15) is 0 Å². The van der Waals surface area contributed by atoms with Crippen molar-refractivity contribution in [2.24, 2.45) is 0 Å². The number of para-hydroxylation sites is 1. The highest BCUT2D eigenvalue weighted by Gasteiger charge is 2.18. The Hall–Kier alpha value is -1.96. The minimum Gasteiger partial charge on any atom is -0.307 e. The molecule has 2 aromatic carbocycles. The summed E-state index contributed by atoms with van der Waals surface area (Å²) in [5.74, 6) is 0.259. The summed E-state index contributed by atoms with van der Waals surface area (Å²) in [4.78, 5) is 15.3. The van der Waals surface area contributed by atoms with Gasteiger partial charge < -0.3 is 4.90 Å². The zero-order valence-electron chi connectivity index (χ0n) is 12.1. The first kappa shape index (κ1) is 16.4. The van der Waals surface area contributed by atoms with E-state index in [0.29, 0.717) is 28.6 Å². The van der Waals surface area contributed by atoms with Crippen molar-refractivity contribution in [3.05, 3.63) is 59.1 Å². The molecule has 0 aromatic heterocycles. The van der Waals surface area contributed by atoms with Crippen LogP contribution in [0.3, 0.4) is 0 Å². The number of nitrogens with zero attached hydrogens (tertiary/aromatic N) is 2. The molecule has 2 rings (SSSR count). The van der Waals surface area contributed by atoms with Crippen LogP contribution in [0.4, 0.5) is 5.69 Å². The fourth-order valence-electron chi connectivity index (χ4n) is 2.08. The third-order valence-electron chi connectivity index (χ3n) is 3.09. The van der Waals surface area contributed by atoms with Crippen molar-refractivity contribution in [2.45, 2.75) is 11.8 Å². The Morgan fingerprint density at radius 2 is 2.05 bits per heavy atom. The average molecular weight is 331 g/mol. The lowest BCUT2D eigenvalue weighted by Crippen LogP contribution is -2.30. The predicted molar refractivity (Wildman–Crippen MR) is 91.6 cm³/mol. The standard InChI is InChI=1S/C17H15ClN2OS/c1-2-20(16-9-4-3-8-15(16)18)17(21)13-6-5-7-14(12-13)22-11-10-19/h3-9,12H,2,11H2,1H3. The molecule has 22 heavy (non-hydrogen) atoms. The normalized spacial score (nSPS) is 10.0. The summed E-state index contributed by atoms with van der Waals surface area (Å²) in [7, 11) is 0. The van der Waals surface area contributed by atoms with Gasteiger partial charge in [-0.15, -0.1) is 11.8 Å². The van der Waals surface area contributed by atoms with Crippen molar-refractivity contribution in [1.82, 2.24) is 0 Å². The number of hydrogen-bond acceptors (Lipinski definition) is 3. The number of amides is 1. The van der Waals surface area contributed by atoms with E-state index in [2.05, 4.69) is 6.07 Å². The average Bonchev–Trinajstić information content (AvgIpc) is 2.55. The van der Waals surface area contributed by atoms with E-state index in [1.165, 1.54) is 11.8 Å². The van der Waals surface area contributed by atoms with Crippen LogP contribution in [-0.2, 0) is 0 Å². The highest BCUT2D eigenvalue weighted by molar-refractivity contribution is 7.99. The molecule has 0 saturated heterocycles. The molecule has 112 valence electrons. The van der Waals surface area contributed by atoms with Crippen LogP contribution in [0.25, 0.3) is 0 Å². The lowest BCUT2D eigenvalue weighted by molar-refractivity contribution is 0.0988. The maximum Gasteiger partial charge on any atom is 0.258 e. The van der Waals surface area contributed by atoms with Gasteiger partial charge in [-0.1, -0.05) is 29.8 Å². The smallest absolute Gasteiger partial charge is 0.258 e. The summed E-state index contributed by atoms with van der Waals surface area (Å²) in [5.41, 5.74) is 1.29. The maximum atomic E-state index is 12.7. The van der Waals surface area contributed by atoms with Gasteiger partial charge in [0.2, 0.25) is 0 Å². The van der Waals surface area contributed by atoms with Crippen LogP contribution >= 0.6 is 23.4 Å². The minimum absolute atomic E-state index is 0.102. The van der Waals surface area contributed by atoms with Crippen LogP contribution in [0.1, 0.15) is 17.3 Å². The lowest BCUT2D eigenvalue weighted by atomic mass is 10.2. The molecule has 0 saturated carbocycles. The molecule has 5 heteroatoms. The third-order valence-corrected chi connectivity index (χ3v) is 4.27. The van der Waals surface area contributed by atoms with Crippen LogP contribution in [0.15, 0.2) is 53.4 Å². The fourth-order valence-corrected chi connectivity index (χ4v) is 2.94. The van der Waals surface area contributed by atoms with Gasteiger partial charge in [-0.25, -0.2) is 0 Å². The summed E-state index contributed by atoms with van der Waals surface area (Å²) in [5, 5.41) is 9.20. The Labute approximate surface area is 139 Å². The number of thioether (sulfide) groups is 1. The van der Waals surface area contributed by atoms with Gasteiger partial charge in [0.15, 0.2) is 0 Å². The number of hydrogen-bond donors (Lipinski definition) is 0. The lowest BCUT2D eigenvalue weighted by Gasteiger charge is -2.22. The molecular formula is C17H15ClN2OS. The van der Waals surface area contributed by atoms with Gasteiger partial charge in [0.05, 0.1) is 22.5 Å². The van der Waals surface area contributed by atoms with Crippen LogP contribution in [-0.4, -0.2) is 18.2 Å². The van der Waals surface area contributed by atoms with E-state index in [4.69, 9.17) is 16.9 Å². The summed E-state index contributed by atoms with van der Waals surface area (Å²) in [6, 6.07) is 16.7. The van der Waals surface area contributed by atoms with Crippen molar-refractivity contribution in [1.29, 1.82) is 5.26 Å². The predicted octanol–water partition coefficient (Wildman–Crippen LogP) is 4.62. The quantitative estimate of drug-likeness (QED) is 0.751. The summed E-state index contributed by atoms with van der Waals surface area (Å²) < 4.78 is 0. The highest BCUT2D eigenvalue weighted by Crippen LogP contribution is 2.27. The van der Waals surface area contributed by atoms with E-state index in [9.17, 15) is 4.79 Å². The number of carbonyl (C=O) groups excluding carboxylic acids is 1. The third kappa shape index (κ3) is 3.82. The van der Waals surface area contributed by atoms with Gasteiger partial charge in [-0.2, -0.15) is 5.26 Å². The zero-order valence-corrected chi connectivity index (χ0v) is 13.7. The first-order chi connectivity index (χ1) is 10.7. The van der Waals surface area contributed by atoms with Crippen LogP contribution in [0.5, 0.6) is 0 Å². The van der Waals surface area contributed by atoms with E-state index < -0.39 is 0 Å². The molecule has 0 fully saturated rings. The molecule has 0 atom stereocenters. The van der Waals surface area contributed by atoms with E-state index in [1.807, 2.05) is 43.3 Å². The van der Waals surface area contributed by atoms with Gasteiger partial charge in [0.25, 0.3) is 5.91 Å². The fraction of sp³-hybridized carbons (Fsp3) is 0.176. The molecule has 0 N–H and O–H groups in total. The summed E-state index contributed by atoms with van der Waals surface area (Å²) in [6.07, 6.45) is 0. The molecule has 0 aliphatic rings. The van der Waals surface area contributed by atoms with E-state index >= 15 is 0 Å². The van der Waals surface area contributed by atoms with Crippen LogP contribution < -0.4 is 4.90 Å². The molecule has 2 aromatic rings. The van der Waals surface area contributed by atoms with Crippen LogP contribution in [0, 0.1) is 11.3 Å². The first-order valence-electron chi connectivity index (χ1n) is 6.83. The van der Waals surface area contributed by atoms with Crippen molar-refractivity contribution >= 4 is 35.0 Å². The maximum absolute atomic E-state index is 12.7. The molecule has 0 spiro atoms. The Kier molecular flexibility index (Phi) is 5.88. The second-order valence-corrected chi connectivity index (χ2v) is 5.93. The molecule has 0 radical (unpaired) electrons. The van der Waals surface area contributed by atoms with Crippen molar-refractivity contribution in [2.75, 3.05) is 17.2 Å². The second kappa shape index (κ2) is 7.88. The Balaban J connectivity index is 2.29. The molecular weight excluding hydrogens is 316 g/mol. The van der Waals surface area contributed by atoms with Gasteiger partial charge >= 0.3 is 0 Å². The molecule has 0 bridgehead atoms. The van der Waals surface area contributed by atoms with Gasteiger partial charge in [-0.05, 0) is 37.3 Å². The molecule has 0 aliphatic carbocycles. The first-order valence-corrected chi connectivity index (χ1v) is 8.20. The van der Waals surface area contributed by atoms with E-state index in [-0.39, 0.29) is 5.91 Å². The SMILES string of the molecule is CCN(C(=O)c1cccc(SCC#N)c1)c1ccccc1Cl. The monoisotopic (exact) mass is 330 g/mol. The Morgan fingerprint density at radius 1 is 1.27 bits per heavy atom. The highest BCUT2D eigenvalue weighted by atomic mass is 35.5. The molecule has 0 unspecified atom stereocenters. The summed E-state index contributed by atoms with van der Waals surface area (Å²) in [6.45, 7) is 2.44. The second-order valence-electron chi connectivity index (χ2n) is 4.48. The van der Waals surface area contributed by atoms with Crippen LogP contribution in [0.2, 0.25) is 5.02 Å². The van der Waals surface area contributed by atoms with Crippen molar-refractivity contribution < 1.29 is 4.79 Å². The van der Waals surface area contributed by atoms with Gasteiger partial charge in [-0.3, -0.25) is 4.79 Å². The van der Waals surface area contributed by atoms with Gasteiger partial charge in [0, 0.05) is 17.0 Å². The summed E-state index contributed by atoms with van der Waals surface area (Å²) >= 11 is 7.61. The molecule has 0 heterocycles. The topological polar surface area (TPSA) is 44.1 Å². The number of anilines is 1. The number of rotatable bonds is 5. The molecule has 1 amide bonds. The molecule has 0 aliphatic heterocycles. The zero-order chi connectivity index (χ0) is 15.9.